The highest BCUT2D eigenvalue weighted by Crippen LogP contribution is 2.22. The van der Waals surface area contributed by atoms with Crippen LogP contribution in [0.25, 0.3) is 0 Å². The van der Waals surface area contributed by atoms with Crippen molar-refractivity contribution < 1.29 is 14.3 Å². The van der Waals surface area contributed by atoms with E-state index in [2.05, 4.69) is 0 Å². The summed E-state index contributed by atoms with van der Waals surface area (Å²) >= 11 is 0. The Balaban J connectivity index is 2.80. The molecule has 1 aromatic carbocycles. The van der Waals surface area contributed by atoms with Gasteiger partial charge in [0.2, 0.25) is 0 Å². The molecule has 0 atom stereocenters. The van der Waals surface area contributed by atoms with Gasteiger partial charge in [0.15, 0.2) is 5.78 Å². The highest BCUT2D eigenvalue weighted by Gasteiger charge is 2.04. The van der Waals surface area contributed by atoms with Crippen molar-refractivity contribution in [2.75, 3.05) is 13.7 Å². The molecule has 0 saturated heterocycles. The summed E-state index contributed by atoms with van der Waals surface area (Å²) < 4.78 is 10.3. The first-order valence-corrected chi connectivity index (χ1v) is 4.93. The lowest BCUT2D eigenvalue weighted by molar-refractivity contribution is -0.120. The van der Waals surface area contributed by atoms with E-state index in [0.29, 0.717) is 23.5 Å². The van der Waals surface area contributed by atoms with Crippen molar-refractivity contribution in [3.63, 3.8) is 0 Å². The molecule has 0 aromatic heterocycles. The second-order valence-electron chi connectivity index (χ2n) is 3.19. The molecule has 4 heteroatoms. The van der Waals surface area contributed by atoms with Crippen LogP contribution < -0.4 is 9.47 Å². The molecular formula is C12H13NO3. The van der Waals surface area contributed by atoms with E-state index in [4.69, 9.17) is 14.7 Å². The third kappa shape index (κ3) is 3.28. The molecular weight excluding hydrogens is 206 g/mol. The van der Waals surface area contributed by atoms with Gasteiger partial charge in [0.05, 0.1) is 18.7 Å². The van der Waals surface area contributed by atoms with Crippen LogP contribution in [-0.2, 0) is 4.79 Å². The van der Waals surface area contributed by atoms with Crippen molar-refractivity contribution in [1.29, 1.82) is 5.26 Å². The monoisotopic (exact) mass is 219 g/mol. The summed E-state index contributed by atoms with van der Waals surface area (Å²) in [7, 11) is 1.51. The Morgan fingerprint density at radius 2 is 2.06 bits per heavy atom. The molecule has 0 amide bonds. The smallest absolute Gasteiger partial charge is 0.169 e. The topological polar surface area (TPSA) is 59.3 Å². The molecule has 0 unspecified atom stereocenters. The minimum atomic E-state index is 0.0151. The van der Waals surface area contributed by atoms with Crippen LogP contribution in [0.15, 0.2) is 18.2 Å². The van der Waals surface area contributed by atoms with Gasteiger partial charge in [-0.25, -0.2) is 0 Å². The van der Waals surface area contributed by atoms with Gasteiger partial charge in [-0.1, -0.05) is 6.92 Å². The molecule has 0 heterocycles. The van der Waals surface area contributed by atoms with Gasteiger partial charge in [0.1, 0.15) is 18.1 Å². The predicted molar refractivity (Wildman–Crippen MR) is 58.5 cm³/mol. The van der Waals surface area contributed by atoms with Gasteiger partial charge in [-0.15, -0.1) is 0 Å². The summed E-state index contributed by atoms with van der Waals surface area (Å²) in [4.78, 5) is 11.1. The van der Waals surface area contributed by atoms with Crippen LogP contribution in [0.3, 0.4) is 0 Å². The van der Waals surface area contributed by atoms with Crippen molar-refractivity contribution in [3.05, 3.63) is 23.8 Å². The molecule has 1 rings (SSSR count). The number of rotatable bonds is 5. The first-order chi connectivity index (χ1) is 7.69. The van der Waals surface area contributed by atoms with E-state index < -0.39 is 0 Å². The number of hydrogen-bond acceptors (Lipinski definition) is 4. The molecule has 0 aliphatic heterocycles. The molecule has 0 fully saturated rings. The van der Waals surface area contributed by atoms with Gasteiger partial charge in [0, 0.05) is 12.5 Å². The number of Topliss-reactive ketones (excluding diaryl/α,β-unsaturated/α-hetero) is 1. The zero-order valence-electron chi connectivity index (χ0n) is 9.32. The van der Waals surface area contributed by atoms with Crippen molar-refractivity contribution in [1.82, 2.24) is 0 Å². The molecule has 4 nitrogen and oxygen atoms in total. The van der Waals surface area contributed by atoms with E-state index in [1.54, 1.807) is 25.1 Å². The summed E-state index contributed by atoms with van der Waals surface area (Å²) in [5.74, 6) is 1.03. The Bertz CT molecular complexity index is 421. The SMILES string of the molecule is CCC(=O)COc1cc(C#N)cc(OC)c1. The lowest BCUT2D eigenvalue weighted by Gasteiger charge is -2.07. The Morgan fingerprint density at radius 3 is 2.62 bits per heavy atom. The maximum absolute atomic E-state index is 11.1. The lowest BCUT2D eigenvalue weighted by atomic mass is 10.2. The normalized spacial score (nSPS) is 9.31. The number of nitrogens with zero attached hydrogens (tertiary/aromatic N) is 1. The van der Waals surface area contributed by atoms with Gasteiger partial charge in [-0.2, -0.15) is 5.26 Å². The molecule has 0 radical (unpaired) electrons. The van der Waals surface area contributed by atoms with Crippen molar-refractivity contribution in [2.45, 2.75) is 13.3 Å². The van der Waals surface area contributed by atoms with Gasteiger partial charge in [-0.05, 0) is 12.1 Å². The summed E-state index contributed by atoms with van der Waals surface area (Å²) in [6.45, 7) is 1.80. The maximum atomic E-state index is 11.1. The third-order valence-electron chi connectivity index (χ3n) is 2.04. The van der Waals surface area contributed by atoms with Gasteiger partial charge in [0.25, 0.3) is 0 Å². The minimum absolute atomic E-state index is 0.0151. The molecule has 0 saturated carbocycles. The molecule has 16 heavy (non-hydrogen) atoms. The van der Waals surface area contributed by atoms with Gasteiger partial charge in [-0.3, -0.25) is 4.79 Å². The molecule has 0 N–H and O–H groups in total. The van der Waals surface area contributed by atoms with E-state index >= 15 is 0 Å². The Labute approximate surface area is 94.4 Å². The number of hydrogen-bond donors (Lipinski definition) is 0. The van der Waals surface area contributed by atoms with Crippen LogP contribution in [0.4, 0.5) is 0 Å². The third-order valence-corrected chi connectivity index (χ3v) is 2.04. The lowest BCUT2D eigenvalue weighted by Crippen LogP contribution is -2.09. The fourth-order valence-corrected chi connectivity index (χ4v) is 1.10. The predicted octanol–water partition coefficient (Wildman–Crippen LogP) is 1.92. The second-order valence-corrected chi connectivity index (χ2v) is 3.19. The summed E-state index contributed by atoms with van der Waals surface area (Å²) in [6.07, 6.45) is 0.440. The van der Waals surface area contributed by atoms with Crippen LogP contribution in [0.1, 0.15) is 18.9 Å². The molecule has 0 aliphatic carbocycles. The molecule has 0 spiro atoms. The summed E-state index contributed by atoms with van der Waals surface area (Å²) in [5.41, 5.74) is 0.443. The summed E-state index contributed by atoms with van der Waals surface area (Å²) in [6, 6.07) is 6.82. The zero-order chi connectivity index (χ0) is 12.0. The fourth-order valence-electron chi connectivity index (χ4n) is 1.10. The summed E-state index contributed by atoms with van der Waals surface area (Å²) in [5, 5.41) is 8.78. The van der Waals surface area contributed by atoms with Crippen molar-refractivity contribution in [2.24, 2.45) is 0 Å². The van der Waals surface area contributed by atoms with Crippen molar-refractivity contribution >= 4 is 5.78 Å². The van der Waals surface area contributed by atoms with Crippen LogP contribution in [0, 0.1) is 11.3 Å². The Morgan fingerprint density at radius 1 is 1.38 bits per heavy atom. The first kappa shape index (κ1) is 12.1. The number of ketones is 1. The largest absolute Gasteiger partial charge is 0.497 e. The Kier molecular flexibility index (Phi) is 4.34. The minimum Gasteiger partial charge on any atom is -0.497 e. The number of carbonyl (C=O) groups excluding carboxylic acids is 1. The highest BCUT2D eigenvalue weighted by atomic mass is 16.5. The maximum Gasteiger partial charge on any atom is 0.169 e. The van der Waals surface area contributed by atoms with E-state index in [1.807, 2.05) is 6.07 Å². The zero-order valence-corrected chi connectivity index (χ0v) is 9.32. The number of carbonyl (C=O) groups is 1. The van der Waals surface area contributed by atoms with Crippen LogP contribution in [0.5, 0.6) is 11.5 Å². The molecule has 0 aliphatic rings. The number of nitriles is 1. The molecule has 1 aromatic rings. The average molecular weight is 219 g/mol. The quantitative estimate of drug-likeness (QED) is 0.759. The first-order valence-electron chi connectivity index (χ1n) is 4.93. The van der Waals surface area contributed by atoms with Crippen molar-refractivity contribution in [3.8, 4) is 17.6 Å². The van der Waals surface area contributed by atoms with E-state index in [9.17, 15) is 4.79 Å². The standard InChI is InChI=1S/C12H13NO3/c1-3-10(14)8-16-12-5-9(7-13)4-11(6-12)15-2/h4-6H,3,8H2,1-2H3. The van der Waals surface area contributed by atoms with Crippen LogP contribution in [0.2, 0.25) is 0 Å². The van der Waals surface area contributed by atoms with Crippen LogP contribution >= 0.6 is 0 Å². The Hall–Kier alpha value is -2.02. The van der Waals surface area contributed by atoms with E-state index in [0.717, 1.165) is 0 Å². The average Bonchev–Trinajstić information content (AvgIpc) is 2.35. The van der Waals surface area contributed by atoms with Gasteiger partial charge >= 0.3 is 0 Å². The number of ether oxygens (including phenoxy) is 2. The van der Waals surface area contributed by atoms with E-state index in [-0.39, 0.29) is 12.4 Å². The number of methoxy groups -OCH3 is 1. The van der Waals surface area contributed by atoms with Gasteiger partial charge < -0.3 is 9.47 Å². The highest BCUT2D eigenvalue weighted by molar-refractivity contribution is 5.79. The number of benzene rings is 1. The second kappa shape index (κ2) is 5.76. The fraction of sp³-hybridized carbons (Fsp3) is 0.333. The molecule has 0 bridgehead atoms. The molecule has 84 valence electrons. The van der Waals surface area contributed by atoms with Crippen LogP contribution in [-0.4, -0.2) is 19.5 Å². The van der Waals surface area contributed by atoms with E-state index in [1.165, 1.54) is 7.11 Å².